The standard InChI is InChI=1S/C13H10F4N2O/c1-20-7-2-3-11(14)8(4-7)9-6-19-12(18)5-10(9)13(15,16)17/h2-6H,1H3,(H2,18,19). The van der Waals surface area contributed by atoms with E-state index in [1.54, 1.807) is 0 Å². The second kappa shape index (κ2) is 4.99. The maximum atomic E-state index is 13.8. The fourth-order valence-electron chi connectivity index (χ4n) is 1.76. The molecule has 0 bridgehead atoms. The predicted molar refractivity (Wildman–Crippen MR) is 65.6 cm³/mol. The molecule has 0 saturated carbocycles. The van der Waals surface area contributed by atoms with E-state index in [1.165, 1.54) is 19.2 Å². The van der Waals surface area contributed by atoms with Gasteiger partial charge in [-0.1, -0.05) is 0 Å². The summed E-state index contributed by atoms with van der Waals surface area (Å²) in [6.07, 6.45) is -3.77. The van der Waals surface area contributed by atoms with E-state index in [2.05, 4.69) is 4.98 Å². The van der Waals surface area contributed by atoms with Crippen molar-refractivity contribution in [1.29, 1.82) is 0 Å². The zero-order valence-corrected chi connectivity index (χ0v) is 10.3. The Morgan fingerprint density at radius 2 is 1.85 bits per heavy atom. The lowest BCUT2D eigenvalue weighted by Crippen LogP contribution is -2.09. The Morgan fingerprint density at radius 1 is 1.15 bits per heavy atom. The summed E-state index contributed by atoms with van der Waals surface area (Å²) in [5, 5.41) is 0. The Balaban J connectivity index is 2.69. The molecular formula is C13H10F4N2O. The van der Waals surface area contributed by atoms with E-state index in [1.807, 2.05) is 0 Å². The van der Waals surface area contributed by atoms with Gasteiger partial charge in [-0.3, -0.25) is 0 Å². The van der Waals surface area contributed by atoms with Crippen LogP contribution in [-0.2, 0) is 6.18 Å². The number of aromatic nitrogens is 1. The smallest absolute Gasteiger partial charge is 0.417 e. The van der Waals surface area contributed by atoms with Gasteiger partial charge < -0.3 is 10.5 Å². The third kappa shape index (κ3) is 2.66. The van der Waals surface area contributed by atoms with Crippen LogP contribution in [-0.4, -0.2) is 12.1 Å². The van der Waals surface area contributed by atoms with Crippen molar-refractivity contribution < 1.29 is 22.3 Å². The van der Waals surface area contributed by atoms with Gasteiger partial charge in [-0.15, -0.1) is 0 Å². The number of nitrogen functional groups attached to an aromatic ring is 1. The molecule has 2 rings (SSSR count). The summed E-state index contributed by atoms with van der Waals surface area (Å²) in [4.78, 5) is 3.60. The molecule has 0 amide bonds. The first-order chi connectivity index (χ1) is 9.32. The molecule has 1 aromatic carbocycles. The molecule has 3 nitrogen and oxygen atoms in total. The van der Waals surface area contributed by atoms with Crippen molar-refractivity contribution in [2.24, 2.45) is 0 Å². The summed E-state index contributed by atoms with van der Waals surface area (Å²) in [5.74, 6) is -0.849. The van der Waals surface area contributed by atoms with Gasteiger partial charge in [0.2, 0.25) is 0 Å². The van der Waals surface area contributed by atoms with Crippen LogP contribution in [0.15, 0.2) is 30.5 Å². The molecule has 0 spiro atoms. The summed E-state index contributed by atoms with van der Waals surface area (Å²) >= 11 is 0. The molecule has 20 heavy (non-hydrogen) atoms. The van der Waals surface area contributed by atoms with Crippen LogP contribution in [0, 0.1) is 5.82 Å². The first-order valence-corrected chi connectivity index (χ1v) is 5.49. The van der Waals surface area contributed by atoms with Gasteiger partial charge in [-0.05, 0) is 24.3 Å². The number of hydrogen-bond donors (Lipinski definition) is 1. The van der Waals surface area contributed by atoms with E-state index in [0.717, 1.165) is 12.3 Å². The molecule has 2 aromatic rings. The van der Waals surface area contributed by atoms with Crippen LogP contribution in [0.1, 0.15) is 5.56 Å². The zero-order chi connectivity index (χ0) is 14.9. The minimum Gasteiger partial charge on any atom is -0.497 e. The fraction of sp³-hybridized carbons (Fsp3) is 0.154. The Morgan fingerprint density at radius 3 is 2.45 bits per heavy atom. The lowest BCUT2D eigenvalue weighted by molar-refractivity contribution is -0.137. The van der Waals surface area contributed by atoms with E-state index >= 15 is 0 Å². The van der Waals surface area contributed by atoms with Crippen molar-refractivity contribution in [2.45, 2.75) is 6.18 Å². The van der Waals surface area contributed by atoms with Crippen molar-refractivity contribution in [3.05, 3.63) is 41.8 Å². The van der Waals surface area contributed by atoms with Crippen LogP contribution < -0.4 is 10.5 Å². The van der Waals surface area contributed by atoms with Crippen molar-refractivity contribution in [1.82, 2.24) is 4.98 Å². The fourth-order valence-corrected chi connectivity index (χ4v) is 1.76. The molecule has 0 unspecified atom stereocenters. The Labute approximate surface area is 112 Å². The largest absolute Gasteiger partial charge is 0.497 e. The highest BCUT2D eigenvalue weighted by atomic mass is 19.4. The molecule has 7 heteroatoms. The Bertz CT molecular complexity index is 641. The molecule has 1 aromatic heterocycles. The molecule has 1 heterocycles. The molecule has 0 aliphatic carbocycles. The van der Waals surface area contributed by atoms with Crippen molar-refractivity contribution in [3.8, 4) is 16.9 Å². The van der Waals surface area contributed by atoms with Crippen molar-refractivity contribution in [3.63, 3.8) is 0 Å². The van der Waals surface area contributed by atoms with E-state index < -0.39 is 17.6 Å². The number of pyridine rings is 1. The van der Waals surface area contributed by atoms with E-state index in [9.17, 15) is 17.6 Å². The normalized spacial score (nSPS) is 11.4. The molecule has 2 N–H and O–H groups in total. The third-order valence-corrected chi connectivity index (χ3v) is 2.69. The van der Waals surface area contributed by atoms with Crippen LogP contribution in [0.5, 0.6) is 5.75 Å². The highest BCUT2D eigenvalue weighted by molar-refractivity contribution is 5.70. The lowest BCUT2D eigenvalue weighted by Gasteiger charge is -2.14. The first-order valence-electron chi connectivity index (χ1n) is 5.49. The third-order valence-electron chi connectivity index (χ3n) is 2.69. The Hall–Kier alpha value is -2.31. The summed E-state index contributed by atoms with van der Waals surface area (Å²) in [7, 11) is 1.34. The zero-order valence-electron chi connectivity index (χ0n) is 10.3. The number of halogens is 4. The summed E-state index contributed by atoms with van der Waals surface area (Å²) in [5.41, 5.74) is 3.59. The maximum Gasteiger partial charge on any atom is 0.417 e. The molecule has 0 aliphatic rings. The van der Waals surface area contributed by atoms with Crippen LogP contribution in [0.25, 0.3) is 11.1 Å². The van der Waals surface area contributed by atoms with Crippen molar-refractivity contribution in [2.75, 3.05) is 12.8 Å². The highest BCUT2D eigenvalue weighted by Gasteiger charge is 2.35. The summed E-state index contributed by atoms with van der Waals surface area (Å²) < 4.78 is 57.6. The molecule has 0 saturated heterocycles. The minimum atomic E-state index is -4.66. The monoisotopic (exact) mass is 286 g/mol. The molecule has 0 fully saturated rings. The van der Waals surface area contributed by atoms with Crippen LogP contribution in [0.3, 0.4) is 0 Å². The lowest BCUT2D eigenvalue weighted by atomic mass is 10.0. The second-order valence-corrected chi connectivity index (χ2v) is 4.00. The number of alkyl halides is 3. The van der Waals surface area contributed by atoms with Gasteiger partial charge in [0.05, 0.1) is 12.7 Å². The van der Waals surface area contributed by atoms with Gasteiger partial charge in [-0.25, -0.2) is 9.37 Å². The van der Waals surface area contributed by atoms with E-state index in [0.29, 0.717) is 6.07 Å². The van der Waals surface area contributed by atoms with Crippen molar-refractivity contribution >= 4 is 5.82 Å². The Kier molecular flexibility index (Phi) is 3.52. The molecule has 0 radical (unpaired) electrons. The number of nitrogens with two attached hydrogens (primary N) is 1. The molecule has 0 aliphatic heterocycles. The second-order valence-electron chi connectivity index (χ2n) is 4.00. The number of nitrogens with zero attached hydrogens (tertiary/aromatic N) is 1. The quantitative estimate of drug-likeness (QED) is 0.860. The van der Waals surface area contributed by atoms with Crippen LogP contribution in [0.2, 0.25) is 0 Å². The number of methoxy groups -OCH3 is 1. The van der Waals surface area contributed by atoms with Gasteiger partial charge in [0, 0.05) is 17.3 Å². The topological polar surface area (TPSA) is 48.1 Å². The first kappa shape index (κ1) is 14.1. The molecule has 0 atom stereocenters. The van der Waals surface area contributed by atoms with Crippen LogP contribution in [0.4, 0.5) is 23.4 Å². The number of rotatable bonds is 2. The predicted octanol–water partition coefficient (Wildman–Crippen LogP) is 3.50. The SMILES string of the molecule is COc1ccc(F)c(-c2cnc(N)cc2C(F)(F)F)c1. The summed E-state index contributed by atoms with van der Waals surface area (Å²) in [6, 6.07) is 4.20. The van der Waals surface area contributed by atoms with Gasteiger partial charge in [0.25, 0.3) is 0 Å². The van der Waals surface area contributed by atoms with Crippen LogP contribution >= 0.6 is 0 Å². The van der Waals surface area contributed by atoms with Gasteiger partial charge in [-0.2, -0.15) is 13.2 Å². The maximum absolute atomic E-state index is 13.8. The minimum absolute atomic E-state index is 0.242. The molecular weight excluding hydrogens is 276 g/mol. The van der Waals surface area contributed by atoms with Gasteiger partial charge >= 0.3 is 6.18 Å². The number of ether oxygens (including phenoxy) is 1. The van der Waals surface area contributed by atoms with E-state index in [-0.39, 0.29) is 22.7 Å². The summed E-state index contributed by atoms with van der Waals surface area (Å²) in [6.45, 7) is 0. The van der Waals surface area contributed by atoms with Gasteiger partial charge in [0.1, 0.15) is 17.4 Å². The highest BCUT2D eigenvalue weighted by Crippen LogP contribution is 2.39. The molecule has 106 valence electrons. The van der Waals surface area contributed by atoms with Gasteiger partial charge in [0.15, 0.2) is 0 Å². The number of hydrogen-bond acceptors (Lipinski definition) is 3. The average molecular weight is 286 g/mol. The number of benzene rings is 1. The average Bonchev–Trinajstić information content (AvgIpc) is 2.38. The van der Waals surface area contributed by atoms with E-state index in [4.69, 9.17) is 10.5 Å². The number of anilines is 1.